The molecule has 0 aliphatic carbocycles. The van der Waals surface area contributed by atoms with Crippen LogP contribution in [0.1, 0.15) is 62.7 Å². The van der Waals surface area contributed by atoms with E-state index in [0.29, 0.717) is 31.4 Å². The molecule has 2 bridgehead atoms. The predicted octanol–water partition coefficient (Wildman–Crippen LogP) is 4.92. The molecule has 3 heterocycles. The molecule has 2 aromatic rings. The molecule has 11 nitrogen and oxygen atoms in total. The number of aliphatic hydroxyl groups is 1. The van der Waals surface area contributed by atoms with Crippen LogP contribution in [0.5, 0.6) is 0 Å². The van der Waals surface area contributed by atoms with Gasteiger partial charge in [-0.05, 0) is 36.8 Å². The molecule has 3 aliphatic rings. The Hall–Kier alpha value is -3.84. The highest BCUT2D eigenvalue weighted by Gasteiger charge is 2.77. The van der Waals surface area contributed by atoms with Crippen LogP contribution in [-0.2, 0) is 39.8 Å². The van der Waals surface area contributed by atoms with E-state index in [1.165, 1.54) is 12.0 Å². The highest BCUT2D eigenvalue weighted by molar-refractivity contribution is 9.09. The first-order valence-corrected chi connectivity index (χ1v) is 19.9. The van der Waals surface area contributed by atoms with Crippen molar-refractivity contribution in [2.24, 2.45) is 11.8 Å². The van der Waals surface area contributed by atoms with Gasteiger partial charge in [0.1, 0.15) is 17.7 Å². The molecule has 2 N–H and O–H groups in total. The lowest BCUT2D eigenvalue weighted by molar-refractivity contribution is -0.163. The minimum atomic E-state index is -1.36. The van der Waals surface area contributed by atoms with Crippen molar-refractivity contribution >= 4 is 39.6 Å². The van der Waals surface area contributed by atoms with Crippen molar-refractivity contribution in [1.29, 1.82) is 0 Å². The van der Waals surface area contributed by atoms with Crippen molar-refractivity contribution in [2.75, 3.05) is 33.4 Å². The molecule has 3 aliphatic heterocycles. The van der Waals surface area contributed by atoms with Gasteiger partial charge in [0, 0.05) is 31.4 Å². The van der Waals surface area contributed by atoms with E-state index in [-0.39, 0.29) is 36.2 Å². The van der Waals surface area contributed by atoms with Crippen LogP contribution in [0.3, 0.4) is 0 Å². The molecule has 9 atom stereocenters. The molecular weight excluding hydrogens is 754 g/mol. The number of fused-ring (bicyclic) bond motifs is 1. The number of unbranched alkanes of at least 4 members (excludes halogenated alkanes) is 2. The zero-order chi connectivity index (χ0) is 38.8. The van der Waals surface area contributed by atoms with Gasteiger partial charge in [0.25, 0.3) is 0 Å². The molecule has 1 unspecified atom stereocenters. The first-order chi connectivity index (χ1) is 26.1. The highest BCUT2D eigenvalue weighted by Crippen LogP contribution is 2.61. The third kappa shape index (κ3) is 8.67. The lowest BCUT2D eigenvalue weighted by atomic mass is 9.70. The topological polar surface area (TPSA) is 135 Å². The number of carbonyl (C=O) groups is 4. The number of ether oxygens (including phenoxy) is 3. The number of carbonyl (C=O) groups excluding carboxylic acids is 4. The van der Waals surface area contributed by atoms with Gasteiger partial charge in [-0.25, -0.2) is 0 Å². The van der Waals surface area contributed by atoms with Crippen molar-refractivity contribution in [3.8, 4) is 0 Å². The molecule has 3 amide bonds. The van der Waals surface area contributed by atoms with Gasteiger partial charge in [-0.2, -0.15) is 0 Å². The minimum Gasteiger partial charge on any atom is -0.455 e. The summed E-state index contributed by atoms with van der Waals surface area (Å²) >= 11 is 3.76. The maximum atomic E-state index is 15.0. The number of methoxy groups -OCH3 is 1. The number of nitrogens with zero attached hydrogens (tertiary/aromatic N) is 2. The van der Waals surface area contributed by atoms with Gasteiger partial charge in [-0.3, -0.25) is 19.2 Å². The molecule has 1 spiro atoms. The van der Waals surface area contributed by atoms with E-state index < -0.39 is 66.3 Å². The third-order valence-corrected chi connectivity index (χ3v) is 11.7. The average Bonchev–Trinajstić information content (AvgIpc) is 3.78. The first kappa shape index (κ1) is 41.3. The molecule has 5 rings (SSSR count). The molecule has 0 saturated carbocycles. The summed E-state index contributed by atoms with van der Waals surface area (Å²) in [6.45, 7) is 10.1. The normalized spacial score (nSPS) is 25.7. The van der Waals surface area contributed by atoms with E-state index in [2.05, 4.69) is 41.3 Å². The SMILES string of the molecule is C=CCCC(=O)N[C@@H](COC)[C@@H](OC(=O)[C@@H]1[C@H]2O[C@@]3(CC2Br)[C@H](C(=O)N(CC=C)CCCCC)N([C@@H](CO)Cc2ccccc2)C(=O)[C@@H]13)c1ccccc1. The molecule has 292 valence electrons. The number of alkyl halides is 1. The molecule has 2 aromatic carbocycles. The molecule has 3 fully saturated rings. The Labute approximate surface area is 327 Å². The van der Waals surface area contributed by atoms with Crippen molar-refractivity contribution < 1.29 is 38.5 Å². The van der Waals surface area contributed by atoms with E-state index in [4.69, 9.17) is 14.2 Å². The fourth-order valence-electron chi connectivity index (χ4n) is 8.44. The van der Waals surface area contributed by atoms with Crippen LogP contribution in [0.25, 0.3) is 0 Å². The van der Waals surface area contributed by atoms with Crippen LogP contribution < -0.4 is 5.32 Å². The summed E-state index contributed by atoms with van der Waals surface area (Å²) in [5.74, 6) is -3.79. The smallest absolute Gasteiger partial charge is 0.313 e. The number of nitrogens with one attached hydrogen (secondary N) is 1. The fraction of sp³-hybridized carbons (Fsp3) is 0.524. The number of hydrogen-bond donors (Lipinski definition) is 2. The van der Waals surface area contributed by atoms with Crippen LogP contribution >= 0.6 is 15.9 Å². The van der Waals surface area contributed by atoms with Crippen molar-refractivity contribution in [3.05, 3.63) is 97.1 Å². The Morgan fingerprint density at radius 1 is 1.11 bits per heavy atom. The highest BCUT2D eigenvalue weighted by atomic mass is 79.9. The molecule has 0 radical (unpaired) electrons. The molecular formula is C42H54BrN3O8. The maximum absolute atomic E-state index is 15.0. The zero-order valence-corrected chi connectivity index (χ0v) is 32.9. The quantitative estimate of drug-likeness (QED) is 0.0786. The Morgan fingerprint density at radius 2 is 1.81 bits per heavy atom. The number of benzene rings is 2. The Bertz CT molecular complexity index is 1610. The summed E-state index contributed by atoms with van der Waals surface area (Å²) < 4.78 is 18.7. The lowest BCUT2D eigenvalue weighted by Crippen LogP contribution is -2.59. The van der Waals surface area contributed by atoms with Gasteiger partial charge < -0.3 is 34.4 Å². The van der Waals surface area contributed by atoms with E-state index >= 15 is 4.79 Å². The van der Waals surface area contributed by atoms with Crippen LogP contribution in [0.15, 0.2) is 86.0 Å². The fourth-order valence-corrected chi connectivity index (χ4v) is 9.39. The largest absolute Gasteiger partial charge is 0.455 e. The van der Waals surface area contributed by atoms with E-state index in [1.807, 2.05) is 60.7 Å². The van der Waals surface area contributed by atoms with Crippen molar-refractivity contribution in [3.63, 3.8) is 0 Å². The Balaban J connectivity index is 1.54. The summed E-state index contributed by atoms with van der Waals surface area (Å²) in [4.78, 5) is 60.4. The zero-order valence-electron chi connectivity index (χ0n) is 31.3. The number of amides is 3. The van der Waals surface area contributed by atoms with Gasteiger partial charge >= 0.3 is 5.97 Å². The lowest BCUT2D eigenvalue weighted by Gasteiger charge is -2.39. The number of hydrogen-bond acceptors (Lipinski definition) is 8. The first-order valence-electron chi connectivity index (χ1n) is 19.0. The van der Waals surface area contributed by atoms with E-state index in [0.717, 1.165) is 24.8 Å². The number of rotatable bonds is 21. The molecule has 0 aromatic heterocycles. The van der Waals surface area contributed by atoms with Crippen molar-refractivity contribution in [2.45, 2.75) is 92.6 Å². The summed E-state index contributed by atoms with van der Waals surface area (Å²) in [6.07, 6.45) is 5.52. The predicted molar refractivity (Wildman–Crippen MR) is 208 cm³/mol. The van der Waals surface area contributed by atoms with Crippen LogP contribution in [0.4, 0.5) is 0 Å². The van der Waals surface area contributed by atoms with Gasteiger partial charge in [0.2, 0.25) is 17.7 Å². The second-order valence-electron chi connectivity index (χ2n) is 14.4. The van der Waals surface area contributed by atoms with Gasteiger partial charge in [0.05, 0.1) is 43.2 Å². The van der Waals surface area contributed by atoms with Crippen LogP contribution in [0.2, 0.25) is 0 Å². The Kier molecular flexibility index (Phi) is 14.7. The van der Waals surface area contributed by atoms with Crippen molar-refractivity contribution in [1.82, 2.24) is 15.1 Å². The number of esters is 1. The standard InChI is InChI=1S/C42H54BrN3O8/c1-5-8-16-23-45(22-7-3)40(50)38-42-25-31(43)37(54-42)34(35(42)39(49)46(38)30(26-47)24-28-17-12-10-13-18-28)41(51)53-36(29-19-14-11-15-20-29)32(27-52-4)44-33(48)21-9-6-2/h6-7,10-15,17-20,30-32,34-38,47H,2-3,5,8-9,16,21-27H2,1,4H3,(H,44,48)/t30-,31?,32+,34+,35-,36+,37+,38+,42-/m1/s1. The number of allylic oxidation sites excluding steroid dienone is 1. The van der Waals surface area contributed by atoms with E-state index in [9.17, 15) is 19.5 Å². The van der Waals surface area contributed by atoms with Gasteiger partial charge in [-0.15, -0.1) is 13.2 Å². The summed E-state index contributed by atoms with van der Waals surface area (Å²) in [6, 6.07) is 16.0. The average molecular weight is 809 g/mol. The minimum absolute atomic E-state index is 0.0455. The molecule has 3 saturated heterocycles. The van der Waals surface area contributed by atoms with Crippen LogP contribution in [0, 0.1) is 11.8 Å². The number of likely N-dealkylation sites (tertiary alicyclic amines) is 1. The maximum Gasteiger partial charge on any atom is 0.313 e. The summed E-state index contributed by atoms with van der Waals surface area (Å²) in [5.41, 5.74) is 0.160. The number of aliphatic hydroxyl groups excluding tert-OH is 1. The molecule has 54 heavy (non-hydrogen) atoms. The third-order valence-electron chi connectivity index (χ3n) is 10.8. The summed E-state index contributed by atoms with van der Waals surface area (Å²) in [5, 5.41) is 13.9. The summed E-state index contributed by atoms with van der Waals surface area (Å²) in [7, 11) is 1.50. The molecule has 12 heteroatoms. The van der Waals surface area contributed by atoms with Gasteiger partial charge in [-0.1, -0.05) is 109 Å². The monoisotopic (exact) mass is 807 g/mol. The van der Waals surface area contributed by atoms with Gasteiger partial charge in [0.15, 0.2) is 0 Å². The van der Waals surface area contributed by atoms with E-state index in [1.54, 1.807) is 17.1 Å². The second kappa shape index (κ2) is 19.2. The Morgan fingerprint density at radius 3 is 2.44 bits per heavy atom. The van der Waals surface area contributed by atoms with Crippen LogP contribution in [-0.4, -0.2) is 107 Å². The number of halogens is 1. The second-order valence-corrected chi connectivity index (χ2v) is 15.6.